The third-order valence-electron chi connectivity index (χ3n) is 3.93. The summed E-state index contributed by atoms with van der Waals surface area (Å²) in [5.41, 5.74) is 1.17. The molecule has 1 aliphatic rings. The zero-order valence-electron chi connectivity index (χ0n) is 10.6. The molecule has 0 aromatic carbocycles. The average Bonchev–Trinajstić information content (AvgIpc) is 2.71. The Hall–Kier alpha value is -0.990. The predicted molar refractivity (Wildman–Crippen MR) is 67.5 cm³/mol. The molecule has 3 unspecified atom stereocenters. The van der Waals surface area contributed by atoms with Crippen LogP contribution in [0.15, 0.2) is 12.4 Å². The van der Waals surface area contributed by atoms with Gasteiger partial charge < -0.3 is 5.32 Å². The Bertz CT molecular complexity index is 332. The lowest BCUT2D eigenvalue weighted by Crippen LogP contribution is -2.30. The summed E-state index contributed by atoms with van der Waals surface area (Å²) in [6, 6.07) is 0.640. The van der Waals surface area contributed by atoms with Gasteiger partial charge in [0.2, 0.25) is 0 Å². The summed E-state index contributed by atoms with van der Waals surface area (Å²) in [4.78, 5) is 0. The van der Waals surface area contributed by atoms with Crippen molar-refractivity contribution in [1.29, 1.82) is 0 Å². The number of nitrogens with one attached hydrogen (secondary N) is 1. The van der Waals surface area contributed by atoms with E-state index in [4.69, 9.17) is 0 Å². The summed E-state index contributed by atoms with van der Waals surface area (Å²) >= 11 is 0. The molecule has 3 nitrogen and oxygen atoms in total. The molecule has 0 bridgehead atoms. The van der Waals surface area contributed by atoms with Gasteiger partial charge in [-0.05, 0) is 38.0 Å². The molecule has 0 spiro atoms. The minimum atomic E-state index is 0.640. The van der Waals surface area contributed by atoms with Crippen LogP contribution in [0.25, 0.3) is 0 Å². The third-order valence-corrected chi connectivity index (χ3v) is 3.93. The smallest absolute Gasteiger partial charge is 0.0728 e. The molecule has 0 saturated heterocycles. The molecule has 1 aromatic rings. The van der Waals surface area contributed by atoms with Gasteiger partial charge in [-0.1, -0.05) is 13.8 Å². The van der Waals surface area contributed by atoms with Gasteiger partial charge in [-0.15, -0.1) is 0 Å². The summed E-state index contributed by atoms with van der Waals surface area (Å²) < 4.78 is 1.97. The fourth-order valence-electron chi connectivity index (χ4n) is 2.53. The van der Waals surface area contributed by atoms with Gasteiger partial charge >= 0.3 is 0 Å². The maximum atomic E-state index is 4.29. The Morgan fingerprint density at radius 1 is 1.38 bits per heavy atom. The van der Waals surface area contributed by atoms with Gasteiger partial charge in [-0.2, -0.15) is 5.10 Å². The number of hydrogen-bond donors (Lipinski definition) is 1. The predicted octanol–water partition coefficient (Wildman–Crippen LogP) is 3.14. The average molecular weight is 221 g/mol. The van der Waals surface area contributed by atoms with Crippen LogP contribution in [0.2, 0.25) is 0 Å². The van der Waals surface area contributed by atoms with E-state index in [1.807, 2.05) is 10.9 Å². The zero-order chi connectivity index (χ0) is 11.5. The molecule has 0 radical (unpaired) electrons. The van der Waals surface area contributed by atoms with E-state index in [1.165, 1.54) is 24.9 Å². The van der Waals surface area contributed by atoms with Crippen molar-refractivity contribution in [2.75, 3.05) is 5.32 Å². The highest BCUT2D eigenvalue weighted by Gasteiger charge is 2.24. The molecule has 1 aromatic heterocycles. The van der Waals surface area contributed by atoms with E-state index in [0.717, 1.165) is 18.4 Å². The fraction of sp³-hybridized carbons (Fsp3) is 0.769. The van der Waals surface area contributed by atoms with Crippen molar-refractivity contribution >= 4 is 5.69 Å². The van der Waals surface area contributed by atoms with E-state index in [-0.39, 0.29) is 0 Å². The summed E-state index contributed by atoms with van der Waals surface area (Å²) in [5, 5.41) is 7.89. The first-order chi connectivity index (χ1) is 7.69. The van der Waals surface area contributed by atoms with Crippen LogP contribution in [0.5, 0.6) is 0 Å². The highest BCUT2D eigenvalue weighted by molar-refractivity contribution is 5.39. The molecular formula is C13H23N3. The van der Waals surface area contributed by atoms with Crippen molar-refractivity contribution in [2.45, 2.75) is 52.6 Å². The van der Waals surface area contributed by atoms with Gasteiger partial charge in [0, 0.05) is 18.8 Å². The van der Waals surface area contributed by atoms with Gasteiger partial charge in [0.25, 0.3) is 0 Å². The quantitative estimate of drug-likeness (QED) is 0.849. The van der Waals surface area contributed by atoms with Gasteiger partial charge in [0.15, 0.2) is 0 Å². The summed E-state index contributed by atoms with van der Waals surface area (Å²) in [7, 11) is 0. The molecule has 3 heteroatoms. The van der Waals surface area contributed by atoms with Crippen LogP contribution < -0.4 is 5.32 Å². The second-order valence-electron chi connectivity index (χ2n) is 5.19. The monoisotopic (exact) mass is 221 g/mol. The lowest BCUT2D eigenvalue weighted by atomic mass is 9.79. The Labute approximate surface area is 98.2 Å². The van der Waals surface area contributed by atoms with E-state index in [1.54, 1.807) is 0 Å². The SMILES string of the molecule is CCn1cc(NC2CCC(C)C(C)C2)cn1. The highest BCUT2D eigenvalue weighted by atomic mass is 15.3. The van der Waals surface area contributed by atoms with Gasteiger partial charge in [-0.3, -0.25) is 4.68 Å². The fourth-order valence-corrected chi connectivity index (χ4v) is 2.53. The van der Waals surface area contributed by atoms with Gasteiger partial charge in [-0.25, -0.2) is 0 Å². The van der Waals surface area contributed by atoms with Crippen LogP contribution in [-0.2, 0) is 6.54 Å². The largest absolute Gasteiger partial charge is 0.380 e. The highest BCUT2D eigenvalue weighted by Crippen LogP contribution is 2.30. The lowest BCUT2D eigenvalue weighted by molar-refractivity contribution is 0.261. The van der Waals surface area contributed by atoms with Crippen LogP contribution in [0.1, 0.15) is 40.0 Å². The molecule has 1 aliphatic carbocycles. The van der Waals surface area contributed by atoms with E-state index < -0.39 is 0 Å². The molecule has 0 amide bonds. The summed E-state index contributed by atoms with van der Waals surface area (Å²) in [6.45, 7) is 7.80. The minimum absolute atomic E-state index is 0.640. The summed E-state index contributed by atoms with van der Waals surface area (Å²) in [6.07, 6.45) is 7.97. The van der Waals surface area contributed by atoms with Crippen LogP contribution in [0.4, 0.5) is 5.69 Å². The number of rotatable bonds is 3. The van der Waals surface area contributed by atoms with Crippen molar-refractivity contribution in [3.8, 4) is 0 Å². The molecule has 3 atom stereocenters. The number of nitrogens with zero attached hydrogens (tertiary/aromatic N) is 2. The topological polar surface area (TPSA) is 29.9 Å². The normalized spacial score (nSPS) is 30.3. The van der Waals surface area contributed by atoms with Crippen molar-refractivity contribution in [3.05, 3.63) is 12.4 Å². The van der Waals surface area contributed by atoms with Crippen LogP contribution in [0, 0.1) is 11.8 Å². The van der Waals surface area contributed by atoms with E-state index >= 15 is 0 Å². The molecule has 1 saturated carbocycles. The first-order valence-corrected chi connectivity index (χ1v) is 6.48. The molecule has 1 heterocycles. The second-order valence-corrected chi connectivity index (χ2v) is 5.19. The van der Waals surface area contributed by atoms with Crippen LogP contribution >= 0.6 is 0 Å². The molecule has 1 N–H and O–H groups in total. The number of aromatic nitrogens is 2. The van der Waals surface area contributed by atoms with Crippen LogP contribution in [0.3, 0.4) is 0 Å². The zero-order valence-corrected chi connectivity index (χ0v) is 10.6. The standard InChI is InChI=1S/C13H23N3/c1-4-16-9-13(8-14-16)15-12-6-5-10(2)11(3)7-12/h8-12,15H,4-7H2,1-3H3. The molecule has 1 fully saturated rings. The van der Waals surface area contributed by atoms with E-state index in [0.29, 0.717) is 6.04 Å². The Morgan fingerprint density at radius 3 is 2.81 bits per heavy atom. The van der Waals surface area contributed by atoms with Crippen molar-refractivity contribution < 1.29 is 0 Å². The Balaban J connectivity index is 1.90. The number of anilines is 1. The maximum absolute atomic E-state index is 4.29. The Morgan fingerprint density at radius 2 is 2.19 bits per heavy atom. The first kappa shape index (κ1) is 11.5. The van der Waals surface area contributed by atoms with Crippen molar-refractivity contribution in [3.63, 3.8) is 0 Å². The Kier molecular flexibility index (Phi) is 3.52. The first-order valence-electron chi connectivity index (χ1n) is 6.48. The van der Waals surface area contributed by atoms with Crippen LogP contribution in [-0.4, -0.2) is 15.8 Å². The number of hydrogen-bond acceptors (Lipinski definition) is 2. The minimum Gasteiger partial charge on any atom is -0.380 e. The van der Waals surface area contributed by atoms with Gasteiger partial charge in [0.1, 0.15) is 0 Å². The lowest BCUT2D eigenvalue weighted by Gasteiger charge is -2.32. The molecule has 2 rings (SSSR count). The molecule has 90 valence electrons. The third kappa shape index (κ3) is 2.57. The number of aryl methyl sites for hydroxylation is 1. The second kappa shape index (κ2) is 4.89. The van der Waals surface area contributed by atoms with Gasteiger partial charge in [0.05, 0.1) is 11.9 Å². The van der Waals surface area contributed by atoms with E-state index in [9.17, 15) is 0 Å². The summed E-state index contributed by atoms with van der Waals surface area (Å²) in [5.74, 6) is 1.73. The van der Waals surface area contributed by atoms with Crippen molar-refractivity contribution in [2.24, 2.45) is 11.8 Å². The molecule has 16 heavy (non-hydrogen) atoms. The molecular weight excluding hydrogens is 198 g/mol. The maximum Gasteiger partial charge on any atom is 0.0728 e. The van der Waals surface area contributed by atoms with E-state index in [2.05, 4.69) is 37.4 Å². The molecule has 0 aliphatic heterocycles. The van der Waals surface area contributed by atoms with Crippen molar-refractivity contribution in [1.82, 2.24) is 9.78 Å².